The smallest absolute Gasteiger partial charge is 0.234 e. The molecule has 0 N–H and O–H groups in total. The molecule has 1 aliphatic carbocycles. The van der Waals surface area contributed by atoms with Gasteiger partial charge >= 0.3 is 0 Å². The maximum Gasteiger partial charge on any atom is 0.234 e. The molecule has 2 aromatic carbocycles. The average Bonchev–Trinajstić information content (AvgIpc) is 3.52. The quantitative estimate of drug-likeness (QED) is 0.821. The van der Waals surface area contributed by atoms with E-state index >= 15 is 0 Å². The molecule has 2 aliphatic rings. The molecule has 0 aromatic heterocycles. The summed E-state index contributed by atoms with van der Waals surface area (Å²) in [5.41, 5.74) is 2.17. The van der Waals surface area contributed by atoms with Crippen LogP contribution < -0.4 is 0 Å². The van der Waals surface area contributed by atoms with Gasteiger partial charge in [0.2, 0.25) is 5.91 Å². The molecule has 0 atom stereocenters. The zero-order valence-electron chi connectivity index (χ0n) is 15.4. The van der Waals surface area contributed by atoms with Crippen molar-refractivity contribution in [1.82, 2.24) is 9.80 Å². The molecule has 2 aromatic rings. The van der Waals surface area contributed by atoms with Crippen molar-refractivity contribution in [3.05, 3.63) is 71.8 Å². The molecule has 0 unspecified atom stereocenters. The summed E-state index contributed by atoms with van der Waals surface area (Å²) in [4.78, 5) is 18.2. The summed E-state index contributed by atoms with van der Waals surface area (Å²) < 4.78 is 0. The van der Waals surface area contributed by atoms with Gasteiger partial charge in [-0.25, -0.2) is 0 Å². The lowest BCUT2D eigenvalue weighted by Gasteiger charge is -2.27. The third kappa shape index (κ3) is 4.16. The van der Waals surface area contributed by atoms with E-state index in [1.165, 1.54) is 19.4 Å². The molecule has 1 saturated carbocycles. The van der Waals surface area contributed by atoms with Crippen LogP contribution in [0.4, 0.5) is 0 Å². The van der Waals surface area contributed by atoms with Crippen LogP contribution in [0.5, 0.6) is 0 Å². The summed E-state index contributed by atoms with van der Waals surface area (Å²) >= 11 is 0. The molecule has 3 heteroatoms. The Morgan fingerprint density at radius 3 is 2.04 bits per heavy atom. The minimum Gasteiger partial charge on any atom is -0.341 e. The van der Waals surface area contributed by atoms with Crippen LogP contribution in [0.25, 0.3) is 0 Å². The van der Waals surface area contributed by atoms with Crippen molar-refractivity contribution in [3.8, 4) is 0 Å². The van der Waals surface area contributed by atoms with Gasteiger partial charge in [-0.15, -0.1) is 0 Å². The van der Waals surface area contributed by atoms with Crippen LogP contribution in [0, 0.1) is 5.92 Å². The second-order valence-corrected chi connectivity index (χ2v) is 7.68. The molecule has 2 fully saturated rings. The summed E-state index contributed by atoms with van der Waals surface area (Å²) in [6, 6.07) is 20.4. The maximum atomic E-state index is 13.5. The zero-order valence-corrected chi connectivity index (χ0v) is 15.4. The van der Waals surface area contributed by atoms with Crippen molar-refractivity contribution in [2.24, 2.45) is 5.92 Å². The van der Waals surface area contributed by atoms with Crippen molar-refractivity contribution < 1.29 is 4.79 Å². The van der Waals surface area contributed by atoms with Gasteiger partial charge in [0, 0.05) is 26.2 Å². The molecular weight excluding hydrogens is 320 g/mol. The molecule has 0 bridgehead atoms. The van der Waals surface area contributed by atoms with Gasteiger partial charge in [0.15, 0.2) is 0 Å². The molecule has 26 heavy (non-hydrogen) atoms. The second kappa shape index (κ2) is 8.05. The van der Waals surface area contributed by atoms with E-state index in [1.54, 1.807) is 0 Å². The van der Waals surface area contributed by atoms with E-state index in [4.69, 9.17) is 0 Å². The molecule has 1 saturated heterocycles. The van der Waals surface area contributed by atoms with Gasteiger partial charge in [0.05, 0.1) is 5.92 Å². The van der Waals surface area contributed by atoms with Crippen LogP contribution in [0.3, 0.4) is 0 Å². The van der Waals surface area contributed by atoms with Gasteiger partial charge < -0.3 is 9.80 Å². The summed E-state index contributed by atoms with van der Waals surface area (Å²) in [7, 11) is 0. The van der Waals surface area contributed by atoms with Crippen molar-refractivity contribution in [3.63, 3.8) is 0 Å². The number of benzene rings is 2. The molecule has 0 spiro atoms. The van der Waals surface area contributed by atoms with E-state index in [0.29, 0.717) is 0 Å². The predicted molar refractivity (Wildman–Crippen MR) is 105 cm³/mol. The Kier molecular flexibility index (Phi) is 5.35. The molecule has 1 aliphatic heterocycles. The van der Waals surface area contributed by atoms with Gasteiger partial charge in [-0.2, -0.15) is 0 Å². The molecular formula is C23H28N2O. The van der Waals surface area contributed by atoms with Gasteiger partial charge in [-0.3, -0.25) is 4.79 Å². The Labute approximate surface area is 156 Å². The SMILES string of the molecule is O=C(C(c1ccccc1)c1ccccc1)N1CCCN(CC2CC2)CC1. The average molecular weight is 348 g/mol. The van der Waals surface area contributed by atoms with Crippen molar-refractivity contribution in [2.45, 2.75) is 25.2 Å². The minimum absolute atomic E-state index is 0.201. The largest absolute Gasteiger partial charge is 0.341 e. The first kappa shape index (κ1) is 17.3. The van der Waals surface area contributed by atoms with Gasteiger partial charge in [-0.1, -0.05) is 60.7 Å². The van der Waals surface area contributed by atoms with Gasteiger partial charge in [0.25, 0.3) is 0 Å². The first-order valence-electron chi connectivity index (χ1n) is 9.92. The number of hydrogen-bond acceptors (Lipinski definition) is 2. The fourth-order valence-corrected chi connectivity index (χ4v) is 3.99. The zero-order chi connectivity index (χ0) is 17.8. The van der Waals surface area contributed by atoms with E-state index in [-0.39, 0.29) is 11.8 Å². The monoisotopic (exact) mass is 348 g/mol. The predicted octanol–water partition coefficient (Wildman–Crippen LogP) is 3.76. The standard InChI is InChI=1S/C23H28N2O/c26-23(25-15-7-14-24(16-17-25)18-19-12-13-19)22(20-8-3-1-4-9-20)21-10-5-2-6-11-21/h1-6,8-11,19,22H,7,12-18H2. The van der Waals surface area contributed by atoms with E-state index in [1.807, 2.05) is 36.4 Å². The molecule has 4 rings (SSSR count). The lowest BCUT2D eigenvalue weighted by molar-refractivity contribution is -0.131. The van der Waals surface area contributed by atoms with E-state index < -0.39 is 0 Å². The fraction of sp³-hybridized carbons (Fsp3) is 0.435. The van der Waals surface area contributed by atoms with Gasteiger partial charge in [0.1, 0.15) is 0 Å². The molecule has 1 heterocycles. The second-order valence-electron chi connectivity index (χ2n) is 7.68. The number of amides is 1. The number of carbonyl (C=O) groups excluding carboxylic acids is 1. The summed E-state index contributed by atoms with van der Waals surface area (Å²) in [6.07, 6.45) is 3.86. The highest BCUT2D eigenvalue weighted by Gasteiger charge is 2.30. The number of nitrogens with zero attached hydrogens (tertiary/aromatic N) is 2. The fourth-order valence-electron chi connectivity index (χ4n) is 3.99. The molecule has 0 radical (unpaired) electrons. The van der Waals surface area contributed by atoms with E-state index in [2.05, 4.69) is 34.1 Å². The Balaban J connectivity index is 1.52. The first-order chi connectivity index (χ1) is 12.8. The Bertz CT molecular complexity index is 672. The number of hydrogen-bond donors (Lipinski definition) is 0. The maximum absolute atomic E-state index is 13.5. The van der Waals surface area contributed by atoms with Crippen LogP contribution in [0.2, 0.25) is 0 Å². The number of carbonyl (C=O) groups is 1. The van der Waals surface area contributed by atoms with Crippen LogP contribution in [0.15, 0.2) is 60.7 Å². The normalized spacial score (nSPS) is 18.7. The molecule has 1 amide bonds. The van der Waals surface area contributed by atoms with Gasteiger partial charge in [-0.05, 0) is 42.9 Å². The lowest BCUT2D eigenvalue weighted by Crippen LogP contribution is -2.38. The lowest BCUT2D eigenvalue weighted by atomic mass is 9.90. The number of rotatable bonds is 5. The van der Waals surface area contributed by atoms with Crippen molar-refractivity contribution in [1.29, 1.82) is 0 Å². The van der Waals surface area contributed by atoms with Crippen LogP contribution in [-0.2, 0) is 4.79 Å². The Hall–Kier alpha value is -2.13. The van der Waals surface area contributed by atoms with Crippen LogP contribution in [0.1, 0.15) is 36.3 Å². The van der Waals surface area contributed by atoms with E-state index in [9.17, 15) is 4.79 Å². The summed E-state index contributed by atoms with van der Waals surface area (Å²) in [6.45, 7) is 5.08. The van der Waals surface area contributed by atoms with E-state index in [0.717, 1.165) is 49.6 Å². The Morgan fingerprint density at radius 1 is 0.846 bits per heavy atom. The summed E-state index contributed by atoms with van der Waals surface area (Å²) in [5.74, 6) is 0.960. The van der Waals surface area contributed by atoms with Crippen LogP contribution in [-0.4, -0.2) is 48.4 Å². The van der Waals surface area contributed by atoms with Crippen molar-refractivity contribution >= 4 is 5.91 Å². The highest BCUT2D eigenvalue weighted by Crippen LogP contribution is 2.30. The first-order valence-corrected chi connectivity index (χ1v) is 9.92. The van der Waals surface area contributed by atoms with Crippen molar-refractivity contribution in [2.75, 3.05) is 32.7 Å². The third-order valence-corrected chi connectivity index (χ3v) is 5.63. The minimum atomic E-state index is -0.201. The highest BCUT2D eigenvalue weighted by atomic mass is 16.2. The molecule has 136 valence electrons. The highest BCUT2D eigenvalue weighted by molar-refractivity contribution is 5.87. The summed E-state index contributed by atoms with van der Waals surface area (Å²) in [5, 5.41) is 0. The topological polar surface area (TPSA) is 23.6 Å². The third-order valence-electron chi connectivity index (χ3n) is 5.63. The van der Waals surface area contributed by atoms with Crippen LogP contribution >= 0.6 is 0 Å². The Morgan fingerprint density at radius 2 is 1.46 bits per heavy atom. The molecule has 3 nitrogen and oxygen atoms in total.